The number of rotatable bonds is 4. The van der Waals surface area contributed by atoms with Crippen LogP contribution in [-0.2, 0) is 13.0 Å². The Kier molecular flexibility index (Phi) is 3.51. The summed E-state index contributed by atoms with van der Waals surface area (Å²) >= 11 is 0. The molecule has 1 aliphatic carbocycles. The van der Waals surface area contributed by atoms with Crippen molar-refractivity contribution in [3.8, 4) is 5.75 Å². The van der Waals surface area contributed by atoms with Crippen LogP contribution in [0.5, 0.6) is 5.75 Å². The van der Waals surface area contributed by atoms with E-state index in [9.17, 15) is 0 Å². The molecule has 4 nitrogen and oxygen atoms in total. The molecule has 0 aliphatic heterocycles. The van der Waals surface area contributed by atoms with Crippen LogP contribution in [0.4, 0.5) is 0 Å². The lowest BCUT2D eigenvalue weighted by molar-refractivity contribution is 0.397. The van der Waals surface area contributed by atoms with Crippen molar-refractivity contribution in [3.05, 3.63) is 47.3 Å². The zero-order valence-corrected chi connectivity index (χ0v) is 11.1. The molecular formula is C15H18N2O2. The quantitative estimate of drug-likeness (QED) is 0.916. The van der Waals surface area contributed by atoms with Crippen molar-refractivity contribution in [2.45, 2.75) is 31.8 Å². The Morgan fingerprint density at radius 1 is 1.42 bits per heavy atom. The van der Waals surface area contributed by atoms with Gasteiger partial charge in [-0.25, -0.2) is 0 Å². The van der Waals surface area contributed by atoms with Crippen LogP contribution in [0.2, 0.25) is 0 Å². The number of methoxy groups -OCH3 is 1. The van der Waals surface area contributed by atoms with Gasteiger partial charge >= 0.3 is 0 Å². The summed E-state index contributed by atoms with van der Waals surface area (Å²) in [6.45, 7) is 0.743. The Morgan fingerprint density at radius 2 is 2.37 bits per heavy atom. The van der Waals surface area contributed by atoms with E-state index < -0.39 is 0 Å². The molecule has 0 spiro atoms. The van der Waals surface area contributed by atoms with Crippen LogP contribution in [0, 0.1) is 0 Å². The predicted octanol–water partition coefficient (Wildman–Crippen LogP) is 2.85. The molecule has 1 aromatic carbocycles. The lowest BCUT2D eigenvalue weighted by Crippen LogP contribution is -2.25. The molecule has 0 saturated carbocycles. The Labute approximate surface area is 112 Å². The van der Waals surface area contributed by atoms with Gasteiger partial charge in [0.2, 0.25) is 0 Å². The minimum absolute atomic E-state index is 0.395. The monoisotopic (exact) mass is 258 g/mol. The number of fused-ring (bicyclic) bond motifs is 1. The standard InChI is InChI=1S/C15H18N2O2/c1-18-13-5-6-14-11(9-13)3-2-4-15(14)16-10-12-7-8-19-17-12/h5-9,15-16H,2-4,10H2,1H3. The van der Waals surface area contributed by atoms with Crippen molar-refractivity contribution in [2.24, 2.45) is 0 Å². The van der Waals surface area contributed by atoms with Crippen molar-refractivity contribution in [1.82, 2.24) is 10.5 Å². The van der Waals surface area contributed by atoms with Crippen molar-refractivity contribution in [3.63, 3.8) is 0 Å². The van der Waals surface area contributed by atoms with Gasteiger partial charge in [0.05, 0.1) is 12.8 Å². The fraction of sp³-hybridized carbons (Fsp3) is 0.400. The second kappa shape index (κ2) is 5.45. The number of nitrogens with one attached hydrogen (secondary N) is 1. The zero-order chi connectivity index (χ0) is 13.1. The summed E-state index contributed by atoms with van der Waals surface area (Å²) in [6.07, 6.45) is 5.11. The van der Waals surface area contributed by atoms with E-state index in [1.165, 1.54) is 17.5 Å². The average Bonchev–Trinajstić information content (AvgIpc) is 2.97. The highest BCUT2D eigenvalue weighted by Crippen LogP contribution is 2.32. The van der Waals surface area contributed by atoms with Crippen LogP contribution in [-0.4, -0.2) is 12.3 Å². The third-order valence-corrected chi connectivity index (χ3v) is 3.69. The topological polar surface area (TPSA) is 47.3 Å². The summed E-state index contributed by atoms with van der Waals surface area (Å²) in [5.41, 5.74) is 3.72. The molecule has 1 atom stereocenters. The van der Waals surface area contributed by atoms with Gasteiger partial charge in [-0.1, -0.05) is 11.2 Å². The first kappa shape index (κ1) is 12.2. The van der Waals surface area contributed by atoms with Gasteiger partial charge in [0.15, 0.2) is 0 Å². The molecule has 100 valence electrons. The molecule has 1 N–H and O–H groups in total. The van der Waals surface area contributed by atoms with Gasteiger partial charge in [-0.3, -0.25) is 0 Å². The number of benzene rings is 1. The molecule has 0 saturated heterocycles. The van der Waals surface area contributed by atoms with E-state index in [0.717, 1.165) is 30.8 Å². The Bertz CT molecular complexity index is 537. The third-order valence-electron chi connectivity index (χ3n) is 3.69. The molecule has 4 heteroatoms. The zero-order valence-electron chi connectivity index (χ0n) is 11.1. The fourth-order valence-electron chi connectivity index (χ4n) is 2.69. The molecule has 0 fully saturated rings. The number of aryl methyl sites for hydroxylation is 1. The summed E-state index contributed by atoms with van der Waals surface area (Å²) in [5.74, 6) is 0.941. The average molecular weight is 258 g/mol. The summed E-state index contributed by atoms with van der Waals surface area (Å²) in [5, 5.41) is 7.48. The minimum Gasteiger partial charge on any atom is -0.497 e. The molecule has 0 amide bonds. The summed E-state index contributed by atoms with van der Waals surface area (Å²) in [6, 6.07) is 8.65. The van der Waals surface area contributed by atoms with Crippen LogP contribution in [0.1, 0.15) is 35.7 Å². The van der Waals surface area contributed by atoms with E-state index in [1.54, 1.807) is 13.4 Å². The highest BCUT2D eigenvalue weighted by molar-refractivity contribution is 5.39. The van der Waals surface area contributed by atoms with Crippen LogP contribution in [0.15, 0.2) is 35.1 Å². The van der Waals surface area contributed by atoms with E-state index in [0.29, 0.717) is 6.04 Å². The molecule has 2 aromatic rings. The van der Waals surface area contributed by atoms with E-state index in [-0.39, 0.29) is 0 Å². The number of hydrogen-bond acceptors (Lipinski definition) is 4. The molecular weight excluding hydrogens is 240 g/mol. The first-order valence-corrected chi connectivity index (χ1v) is 6.66. The maximum absolute atomic E-state index is 5.29. The molecule has 1 unspecified atom stereocenters. The second-order valence-electron chi connectivity index (χ2n) is 4.88. The number of ether oxygens (including phenoxy) is 1. The first-order valence-electron chi connectivity index (χ1n) is 6.66. The van der Waals surface area contributed by atoms with Crippen LogP contribution >= 0.6 is 0 Å². The number of nitrogens with zero attached hydrogens (tertiary/aromatic N) is 1. The van der Waals surface area contributed by atoms with Crippen molar-refractivity contribution in [2.75, 3.05) is 7.11 Å². The lowest BCUT2D eigenvalue weighted by atomic mass is 9.87. The first-order chi connectivity index (χ1) is 9.36. The maximum atomic E-state index is 5.29. The van der Waals surface area contributed by atoms with Crippen molar-refractivity contribution in [1.29, 1.82) is 0 Å². The van der Waals surface area contributed by atoms with E-state index in [1.807, 2.05) is 12.1 Å². The highest BCUT2D eigenvalue weighted by Gasteiger charge is 2.20. The SMILES string of the molecule is COc1ccc2c(c1)CCCC2NCc1ccon1. The molecule has 0 radical (unpaired) electrons. The van der Waals surface area contributed by atoms with Crippen molar-refractivity contribution >= 4 is 0 Å². The highest BCUT2D eigenvalue weighted by atomic mass is 16.5. The molecule has 19 heavy (non-hydrogen) atoms. The summed E-state index contributed by atoms with van der Waals surface area (Å²) < 4.78 is 10.1. The van der Waals surface area contributed by atoms with Gasteiger partial charge in [0, 0.05) is 18.7 Å². The Hall–Kier alpha value is -1.81. The fourth-order valence-corrected chi connectivity index (χ4v) is 2.69. The van der Waals surface area contributed by atoms with E-state index >= 15 is 0 Å². The second-order valence-corrected chi connectivity index (χ2v) is 4.88. The Morgan fingerprint density at radius 3 is 3.16 bits per heavy atom. The van der Waals surface area contributed by atoms with Gasteiger partial charge in [-0.2, -0.15) is 0 Å². The summed E-state index contributed by atoms with van der Waals surface area (Å²) in [7, 11) is 1.71. The number of hydrogen-bond donors (Lipinski definition) is 1. The smallest absolute Gasteiger partial charge is 0.124 e. The normalized spacial score (nSPS) is 18.1. The van der Waals surface area contributed by atoms with Gasteiger partial charge in [-0.05, 0) is 42.5 Å². The molecule has 1 aliphatic rings. The Balaban J connectivity index is 1.74. The predicted molar refractivity (Wildman–Crippen MR) is 72.0 cm³/mol. The van der Waals surface area contributed by atoms with Crippen LogP contribution in [0.25, 0.3) is 0 Å². The molecule has 3 rings (SSSR count). The van der Waals surface area contributed by atoms with Crippen LogP contribution < -0.4 is 10.1 Å². The van der Waals surface area contributed by atoms with Gasteiger partial charge in [0.1, 0.15) is 12.0 Å². The van der Waals surface area contributed by atoms with Gasteiger partial charge in [0.25, 0.3) is 0 Å². The minimum atomic E-state index is 0.395. The lowest BCUT2D eigenvalue weighted by Gasteiger charge is -2.26. The molecule has 1 heterocycles. The number of aromatic nitrogens is 1. The van der Waals surface area contributed by atoms with Crippen LogP contribution in [0.3, 0.4) is 0 Å². The van der Waals surface area contributed by atoms with Gasteiger partial charge < -0.3 is 14.6 Å². The van der Waals surface area contributed by atoms with E-state index in [4.69, 9.17) is 9.26 Å². The maximum Gasteiger partial charge on any atom is 0.124 e. The molecule has 0 bridgehead atoms. The van der Waals surface area contributed by atoms with E-state index in [2.05, 4.69) is 22.6 Å². The summed E-state index contributed by atoms with van der Waals surface area (Å²) in [4.78, 5) is 0. The van der Waals surface area contributed by atoms with Gasteiger partial charge in [-0.15, -0.1) is 0 Å². The largest absolute Gasteiger partial charge is 0.497 e. The van der Waals surface area contributed by atoms with Crippen molar-refractivity contribution < 1.29 is 9.26 Å². The molecule has 1 aromatic heterocycles. The third kappa shape index (κ3) is 2.63.